The van der Waals surface area contributed by atoms with Crippen molar-refractivity contribution in [1.29, 1.82) is 5.26 Å². The first-order chi connectivity index (χ1) is 11.1. The molecule has 120 valence electrons. The number of carbonyl (C=O) groups is 1. The number of nitrogens with zero attached hydrogens (tertiary/aromatic N) is 1. The Morgan fingerprint density at radius 2 is 2.04 bits per heavy atom. The smallest absolute Gasteiger partial charge is 0.244 e. The summed E-state index contributed by atoms with van der Waals surface area (Å²) in [6.07, 6.45) is 7.43. The third kappa shape index (κ3) is 3.62. The van der Waals surface area contributed by atoms with E-state index in [0.29, 0.717) is 5.56 Å². The Balaban J connectivity index is 1.66. The Labute approximate surface area is 137 Å². The normalized spacial score (nSPS) is 21.6. The zero-order valence-electron chi connectivity index (χ0n) is 13.5. The summed E-state index contributed by atoms with van der Waals surface area (Å²) < 4.78 is 5.38. The highest BCUT2D eigenvalue weighted by molar-refractivity contribution is 5.88. The van der Waals surface area contributed by atoms with Gasteiger partial charge < -0.3 is 10.1 Å². The van der Waals surface area contributed by atoms with Crippen molar-refractivity contribution in [3.63, 3.8) is 0 Å². The third-order valence-corrected chi connectivity index (χ3v) is 4.93. The van der Waals surface area contributed by atoms with Gasteiger partial charge >= 0.3 is 0 Å². The average molecular weight is 310 g/mol. The molecule has 4 nitrogen and oxygen atoms in total. The minimum atomic E-state index is -0.287. The van der Waals surface area contributed by atoms with Gasteiger partial charge in [0.05, 0.1) is 17.2 Å². The van der Waals surface area contributed by atoms with Crippen LogP contribution in [0.5, 0.6) is 0 Å². The van der Waals surface area contributed by atoms with Crippen LogP contribution in [0.1, 0.15) is 43.7 Å². The number of rotatable bonds is 4. The Hall–Kier alpha value is -2.12. The van der Waals surface area contributed by atoms with Gasteiger partial charge in [0.25, 0.3) is 0 Å². The molecule has 0 atom stereocenters. The topological polar surface area (TPSA) is 62.1 Å². The molecule has 0 radical (unpaired) electrons. The average Bonchev–Trinajstić information content (AvgIpc) is 3.35. The second kappa shape index (κ2) is 6.17. The fourth-order valence-electron chi connectivity index (χ4n) is 3.06. The van der Waals surface area contributed by atoms with E-state index in [1.165, 1.54) is 0 Å². The quantitative estimate of drug-likeness (QED) is 0.870. The van der Waals surface area contributed by atoms with Gasteiger partial charge in [-0.05, 0) is 54.9 Å². The van der Waals surface area contributed by atoms with Crippen molar-refractivity contribution in [2.75, 3.05) is 13.2 Å². The maximum atomic E-state index is 12.3. The molecule has 0 spiro atoms. The monoisotopic (exact) mass is 310 g/mol. The van der Waals surface area contributed by atoms with Crippen LogP contribution in [0.25, 0.3) is 0 Å². The number of hydrogen-bond donors (Lipinski definition) is 1. The number of nitriles is 1. The minimum Gasteiger partial charge on any atom is -0.381 e. The van der Waals surface area contributed by atoms with Gasteiger partial charge in [0, 0.05) is 13.2 Å². The van der Waals surface area contributed by atoms with E-state index in [4.69, 9.17) is 10.00 Å². The van der Waals surface area contributed by atoms with E-state index in [-0.39, 0.29) is 16.9 Å². The van der Waals surface area contributed by atoms with Crippen LogP contribution >= 0.6 is 0 Å². The van der Waals surface area contributed by atoms with Crippen molar-refractivity contribution in [2.45, 2.75) is 38.1 Å². The van der Waals surface area contributed by atoms with E-state index < -0.39 is 0 Å². The fourth-order valence-corrected chi connectivity index (χ4v) is 3.06. The molecule has 4 heteroatoms. The molecule has 1 saturated heterocycles. The van der Waals surface area contributed by atoms with Crippen LogP contribution < -0.4 is 5.32 Å². The molecule has 1 heterocycles. The summed E-state index contributed by atoms with van der Waals surface area (Å²) in [5.41, 5.74) is 1.42. The summed E-state index contributed by atoms with van der Waals surface area (Å²) >= 11 is 0. The standard InChI is InChI=1S/C19H22N2O2/c1-18(9-11-23-12-10-18)6-5-17(22)21-19(7-8-19)16-4-2-3-15(13-16)14-20/h2-6,13H,7-12H2,1H3,(H,21,22). The second-order valence-electron chi connectivity index (χ2n) is 6.86. The van der Waals surface area contributed by atoms with Gasteiger partial charge in [0.2, 0.25) is 5.91 Å². The lowest BCUT2D eigenvalue weighted by molar-refractivity contribution is -0.117. The summed E-state index contributed by atoms with van der Waals surface area (Å²) in [5.74, 6) is -0.0578. The zero-order chi connectivity index (χ0) is 16.3. The number of allylic oxidation sites excluding steroid dienone is 1. The van der Waals surface area contributed by atoms with Crippen molar-refractivity contribution >= 4 is 5.91 Å². The summed E-state index contributed by atoms with van der Waals surface area (Å²) in [5, 5.41) is 12.2. The van der Waals surface area contributed by atoms with Crippen molar-refractivity contribution < 1.29 is 9.53 Å². The second-order valence-corrected chi connectivity index (χ2v) is 6.86. The summed E-state index contributed by atoms with van der Waals surface area (Å²) in [7, 11) is 0. The Morgan fingerprint density at radius 3 is 2.70 bits per heavy atom. The fraction of sp³-hybridized carbons (Fsp3) is 0.474. The van der Waals surface area contributed by atoms with Gasteiger partial charge in [0.1, 0.15) is 0 Å². The molecule has 1 aromatic rings. The van der Waals surface area contributed by atoms with Gasteiger partial charge in [-0.2, -0.15) is 5.26 Å². The highest BCUT2D eigenvalue weighted by Crippen LogP contribution is 2.45. The summed E-state index contributed by atoms with van der Waals surface area (Å²) in [6, 6.07) is 9.67. The molecule has 1 aliphatic carbocycles. The summed E-state index contributed by atoms with van der Waals surface area (Å²) in [4.78, 5) is 12.3. The molecule has 1 saturated carbocycles. The molecule has 1 N–H and O–H groups in total. The molecule has 2 aliphatic rings. The van der Waals surface area contributed by atoms with E-state index in [2.05, 4.69) is 18.3 Å². The van der Waals surface area contributed by atoms with E-state index in [1.54, 1.807) is 12.1 Å². The molecule has 1 aliphatic heterocycles. The molecule has 2 fully saturated rings. The number of nitrogens with one attached hydrogen (secondary N) is 1. The lowest BCUT2D eigenvalue weighted by atomic mass is 9.82. The highest BCUT2D eigenvalue weighted by Gasteiger charge is 2.45. The van der Waals surface area contributed by atoms with Crippen molar-refractivity contribution in [1.82, 2.24) is 5.32 Å². The number of hydrogen-bond acceptors (Lipinski definition) is 3. The van der Waals surface area contributed by atoms with Gasteiger partial charge in [-0.3, -0.25) is 4.79 Å². The van der Waals surface area contributed by atoms with Crippen LogP contribution in [0.4, 0.5) is 0 Å². The maximum absolute atomic E-state index is 12.3. The molecular formula is C19H22N2O2. The highest BCUT2D eigenvalue weighted by atomic mass is 16.5. The minimum absolute atomic E-state index is 0.0486. The van der Waals surface area contributed by atoms with Gasteiger partial charge in [-0.15, -0.1) is 0 Å². The number of benzene rings is 1. The largest absolute Gasteiger partial charge is 0.381 e. The van der Waals surface area contributed by atoms with Crippen molar-refractivity contribution in [3.8, 4) is 6.07 Å². The molecule has 1 amide bonds. The summed E-state index contributed by atoms with van der Waals surface area (Å²) in [6.45, 7) is 3.68. The molecule has 0 unspecified atom stereocenters. The first-order valence-electron chi connectivity index (χ1n) is 8.15. The van der Waals surface area contributed by atoms with Gasteiger partial charge in [-0.25, -0.2) is 0 Å². The SMILES string of the molecule is CC1(C=CC(=O)NC2(c3cccc(C#N)c3)CC2)CCOCC1. The van der Waals surface area contributed by atoms with Crippen LogP contribution in [-0.2, 0) is 15.1 Å². The van der Waals surface area contributed by atoms with Crippen LogP contribution in [0.3, 0.4) is 0 Å². The van der Waals surface area contributed by atoms with E-state index in [9.17, 15) is 4.79 Å². The van der Waals surface area contributed by atoms with Crippen molar-refractivity contribution in [2.24, 2.45) is 5.41 Å². The van der Waals surface area contributed by atoms with E-state index >= 15 is 0 Å². The molecule has 0 aromatic heterocycles. The molecule has 23 heavy (non-hydrogen) atoms. The molecule has 3 rings (SSSR count). The Morgan fingerprint density at radius 1 is 1.30 bits per heavy atom. The predicted octanol–water partition coefficient (Wildman–Crippen LogP) is 3.04. The van der Waals surface area contributed by atoms with Crippen LogP contribution in [0, 0.1) is 16.7 Å². The number of carbonyl (C=O) groups excluding carboxylic acids is 1. The third-order valence-electron chi connectivity index (χ3n) is 4.93. The van der Waals surface area contributed by atoms with Crippen molar-refractivity contribution in [3.05, 3.63) is 47.5 Å². The number of ether oxygens (including phenoxy) is 1. The predicted molar refractivity (Wildman–Crippen MR) is 87.5 cm³/mol. The Kier molecular flexibility index (Phi) is 4.23. The lowest BCUT2D eigenvalue weighted by Crippen LogP contribution is -2.34. The lowest BCUT2D eigenvalue weighted by Gasteiger charge is -2.30. The molecule has 0 bridgehead atoms. The van der Waals surface area contributed by atoms with Gasteiger partial charge in [-0.1, -0.05) is 25.1 Å². The zero-order valence-corrected chi connectivity index (χ0v) is 13.5. The Bertz CT molecular complexity index is 662. The first kappa shape index (κ1) is 15.8. The van der Waals surface area contributed by atoms with E-state index in [1.807, 2.05) is 24.3 Å². The van der Waals surface area contributed by atoms with Crippen LogP contribution in [-0.4, -0.2) is 19.1 Å². The van der Waals surface area contributed by atoms with Gasteiger partial charge in [0.15, 0.2) is 0 Å². The molecule has 1 aromatic carbocycles. The first-order valence-corrected chi connectivity index (χ1v) is 8.15. The maximum Gasteiger partial charge on any atom is 0.244 e. The van der Waals surface area contributed by atoms with Crippen LogP contribution in [0.15, 0.2) is 36.4 Å². The number of amides is 1. The van der Waals surface area contributed by atoms with Crippen LogP contribution in [0.2, 0.25) is 0 Å². The molecular weight excluding hydrogens is 288 g/mol. The van der Waals surface area contributed by atoms with E-state index in [0.717, 1.165) is 44.5 Å².